The highest BCUT2D eigenvalue weighted by atomic mass is 79.9. The predicted octanol–water partition coefficient (Wildman–Crippen LogP) is 3.48. The van der Waals surface area contributed by atoms with Gasteiger partial charge in [-0.3, -0.25) is 9.78 Å². The number of carbonyl (C=O) groups is 1. The molecule has 0 atom stereocenters. The van der Waals surface area contributed by atoms with Crippen molar-refractivity contribution in [1.82, 2.24) is 9.88 Å². The molecule has 5 heteroatoms. The average molecular weight is 348 g/mol. The monoisotopic (exact) mass is 347 g/mol. The first kappa shape index (κ1) is 15.5. The molecule has 0 bridgehead atoms. The van der Waals surface area contributed by atoms with E-state index in [1.54, 1.807) is 23.2 Å². The SMILES string of the molecule is CC(C)N(Cc1ccccn1)C(=O)c1ccc(Br)cc1N. The van der Waals surface area contributed by atoms with Crippen LogP contribution in [0.25, 0.3) is 0 Å². The molecule has 4 nitrogen and oxygen atoms in total. The number of nitrogens with two attached hydrogens (primary N) is 1. The van der Waals surface area contributed by atoms with E-state index in [1.807, 2.05) is 38.1 Å². The number of nitrogen functional groups attached to an aromatic ring is 1. The summed E-state index contributed by atoms with van der Waals surface area (Å²) in [6.45, 7) is 4.43. The molecule has 0 saturated carbocycles. The maximum Gasteiger partial charge on any atom is 0.256 e. The number of benzene rings is 1. The Hall–Kier alpha value is -1.88. The van der Waals surface area contributed by atoms with Gasteiger partial charge in [-0.2, -0.15) is 0 Å². The topological polar surface area (TPSA) is 59.2 Å². The van der Waals surface area contributed by atoms with Crippen molar-refractivity contribution < 1.29 is 4.79 Å². The molecule has 2 N–H and O–H groups in total. The Labute approximate surface area is 133 Å². The van der Waals surface area contributed by atoms with Crippen molar-refractivity contribution in [2.75, 3.05) is 5.73 Å². The zero-order valence-electron chi connectivity index (χ0n) is 12.1. The largest absolute Gasteiger partial charge is 0.398 e. The highest BCUT2D eigenvalue weighted by molar-refractivity contribution is 9.10. The highest BCUT2D eigenvalue weighted by Gasteiger charge is 2.21. The van der Waals surface area contributed by atoms with Gasteiger partial charge in [0.05, 0.1) is 17.8 Å². The van der Waals surface area contributed by atoms with Crippen LogP contribution in [0.1, 0.15) is 29.9 Å². The molecule has 2 aromatic rings. The number of pyridine rings is 1. The van der Waals surface area contributed by atoms with E-state index >= 15 is 0 Å². The van der Waals surface area contributed by atoms with E-state index < -0.39 is 0 Å². The summed E-state index contributed by atoms with van der Waals surface area (Å²) >= 11 is 3.35. The van der Waals surface area contributed by atoms with E-state index in [9.17, 15) is 4.79 Å². The van der Waals surface area contributed by atoms with Crippen LogP contribution in [0.5, 0.6) is 0 Å². The summed E-state index contributed by atoms with van der Waals surface area (Å²) in [5.41, 5.74) is 7.81. The fourth-order valence-electron chi connectivity index (χ4n) is 2.04. The third-order valence-electron chi connectivity index (χ3n) is 3.19. The second-order valence-corrected chi connectivity index (χ2v) is 6.00. The smallest absolute Gasteiger partial charge is 0.256 e. The minimum Gasteiger partial charge on any atom is -0.398 e. The molecule has 0 spiro atoms. The molecule has 0 fully saturated rings. The molecular weight excluding hydrogens is 330 g/mol. The summed E-state index contributed by atoms with van der Waals surface area (Å²) < 4.78 is 0.859. The quantitative estimate of drug-likeness (QED) is 0.861. The maximum atomic E-state index is 12.7. The molecule has 0 unspecified atom stereocenters. The van der Waals surface area contributed by atoms with Crippen molar-refractivity contribution >= 4 is 27.5 Å². The Kier molecular flexibility index (Phi) is 4.96. The fourth-order valence-corrected chi connectivity index (χ4v) is 2.42. The number of halogens is 1. The van der Waals surface area contributed by atoms with Crippen LogP contribution in [0.3, 0.4) is 0 Å². The van der Waals surface area contributed by atoms with Crippen LogP contribution in [-0.2, 0) is 6.54 Å². The van der Waals surface area contributed by atoms with Crippen LogP contribution in [0.2, 0.25) is 0 Å². The Bertz CT molecular complexity index is 629. The van der Waals surface area contributed by atoms with E-state index in [0.717, 1.165) is 10.2 Å². The summed E-state index contributed by atoms with van der Waals surface area (Å²) in [5, 5.41) is 0. The molecule has 1 amide bonds. The van der Waals surface area contributed by atoms with E-state index in [4.69, 9.17) is 5.73 Å². The lowest BCUT2D eigenvalue weighted by molar-refractivity contribution is 0.0689. The van der Waals surface area contributed by atoms with Crippen LogP contribution in [0.15, 0.2) is 47.1 Å². The van der Waals surface area contributed by atoms with Gasteiger partial charge in [0, 0.05) is 22.4 Å². The van der Waals surface area contributed by atoms with E-state index in [1.165, 1.54) is 0 Å². The van der Waals surface area contributed by atoms with Gasteiger partial charge < -0.3 is 10.6 Å². The number of amides is 1. The Morgan fingerprint density at radius 3 is 2.67 bits per heavy atom. The molecule has 0 aliphatic heterocycles. The summed E-state index contributed by atoms with van der Waals surface area (Å²) in [6, 6.07) is 11.1. The minimum atomic E-state index is -0.0827. The summed E-state index contributed by atoms with van der Waals surface area (Å²) in [7, 11) is 0. The van der Waals surface area contributed by atoms with E-state index in [0.29, 0.717) is 17.8 Å². The average Bonchev–Trinajstić information content (AvgIpc) is 2.45. The number of hydrogen-bond donors (Lipinski definition) is 1. The number of carbonyl (C=O) groups excluding carboxylic acids is 1. The van der Waals surface area contributed by atoms with E-state index in [2.05, 4.69) is 20.9 Å². The number of nitrogens with zero attached hydrogens (tertiary/aromatic N) is 2. The molecule has 0 radical (unpaired) electrons. The Morgan fingerprint density at radius 1 is 1.33 bits per heavy atom. The molecule has 2 rings (SSSR count). The van der Waals surface area contributed by atoms with Crippen LogP contribution >= 0.6 is 15.9 Å². The molecule has 1 heterocycles. The molecule has 110 valence electrons. The van der Waals surface area contributed by atoms with Gasteiger partial charge in [-0.05, 0) is 44.2 Å². The van der Waals surface area contributed by atoms with Crippen LogP contribution in [-0.4, -0.2) is 21.8 Å². The predicted molar refractivity (Wildman–Crippen MR) is 87.8 cm³/mol. The standard InChI is InChI=1S/C16H18BrN3O/c1-11(2)20(10-13-5-3-4-8-19-13)16(21)14-7-6-12(17)9-15(14)18/h3-9,11H,10,18H2,1-2H3. The summed E-state index contributed by atoms with van der Waals surface area (Å²) in [6.07, 6.45) is 1.73. The van der Waals surface area contributed by atoms with Gasteiger partial charge in [0.1, 0.15) is 0 Å². The lowest BCUT2D eigenvalue weighted by Crippen LogP contribution is -2.37. The number of aromatic nitrogens is 1. The van der Waals surface area contributed by atoms with Gasteiger partial charge in [0.15, 0.2) is 0 Å². The number of anilines is 1. The van der Waals surface area contributed by atoms with Crippen molar-refractivity contribution in [3.63, 3.8) is 0 Å². The maximum absolute atomic E-state index is 12.7. The fraction of sp³-hybridized carbons (Fsp3) is 0.250. The van der Waals surface area contributed by atoms with Crippen molar-refractivity contribution in [3.05, 3.63) is 58.3 Å². The second kappa shape index (κ2) is 6.72. The summed E-state index contributed by atoms with van der Waals surface area (Å²) in [4.78, 5) is 18.8. The minimum absolute atomic E-state index is 0.0579. The van der Waals surface area contributed by atoms with Crippen molar-refractivity contribution in [1.29, 1.82) is 0 Å². The Balaban J connectivity index is 2.27. The Morgan fingerprint density at radius 2 is 2.10 bits per heavy atom. The molecular formula is C16H18BrN3O. The van der Waals surface area contributed by atoms with Crippen molar-refractivity contribution in [3.8, 4) is 0 Å². The van der Waals surface area contributed by atoms with Gasteiger partial charge in [-0.15, -0.1) is 0 Å². The zero-order valence-corrected chi connectivity index (χ0v) is 13.7. The number of rotatable bonds is 4. The van der Waals surface area contributed by atoms with Crippen molar-refractivity contribution in [2.45, 2.75) is 26.4 Å². The van der Waals surface area contributed by atoms with Gasteiger partial charge >= 0.3 is 0 Å². The lowest BCUT2D eigenvalue weighted by atomic mass is 10.1. The van der Waals surface area contributed by atoms with Gasteiger partial charge in [0.2, 0.25) is 0 Å². The van der Waals surface area contributed by atoms with Gasteiger partial charge in [-0.1, -0.05) is 22.0 Å². The zero-order chi connectivity index (χ0) is 15.4. The van der Waals surface area contributed by atoms with Gasteiger partial charge in [-0.25, -0.2) is 0 Å². The first-order chi connectivity index (χ1) is 9.99. The molecule has 0 aliphatic carbocycles. The van der Waals surface area contributed by atoms with Crippen LogP contribution in [0.4, 0.5) is 5.69 Å². The molecule has 0 saturated heterocycles. The molecule has 1 aromatic heterocycles. The van der Waals surface area contributed by atoms with Crippen LogP contribution < -0.4 is 5.73 Å². The third kappa shape index (κ3) is 3.82. The van der Waals surface area contributed by atoms with Crippen LogP contribution in [0, 0.1) is 0 Å². The molecule has 21 heavy (non-hydrogen) atoms. The number of hydrogen-bond acceptors (Lipinski definition) is 3. The lowest BCUT2D eigenvalue weighted by Gasteiger charge is -2.27. The summed E-state index contributed by atoms with van der Waals surface area (Å²) in [5.74, 6) is -0.0827. The third-order valence-corrected chi connectivity index (χ3v) is 3.68. The second-order valence-electron chi connectivity index (χ2n) is 5.08. The first-order valence-corrected chi connectivity index (χ1v) is 7.54. The van der Waals surface area contributed by atoms with Gasteiger partial charge in [0.25, 0.3) is 5.91 Å². The molecule has 0 aliphatic rings. The van der Waals surface area contributed by atoms with Crippen molar-refractivity contribution in [2.24, 2.45) is 0 Å². The highest BCUT2D eigenvalue weighted by Crippen LogP contribution is 2.21. The van der Waals surface area contributed by atoms with E-state index in [-0.39, 0.29) is 11.9 Å². The first-order valence-electron chi connectivity index (χ1n) is 6.75. The molecule has 1 aromatic carbocycles. The normalized spacial score (nSPS) is 10.7.